The molecule has 0 bridgehead atoms. The molecule has 2 aromatic rings. The van der Waals surface area contributed by atoms with Crippen molar-refractivity contribution < 1.29 is 9.53 Å². The Hall–Kier alpha value is -2.28. The van der Waals surface area contributed by atoms with E-state index in [2.05, 4.69) is 19.7 Å². The van der Waals surface area contributed by atoms with Crippen LogP contribution in [0.4, 0.5) is 0 Å². The van der Waals surface area contributed by atoms with Crippen molar-refractivity contribution in [3.05, 3.63) is 42.2 Å². The zero-order valence-corrected chi connectivity index (χ0v) is 13.3. The van der Waals surface area contributed by atoms with E-state index in [0.717, 1.165) is 38.3 Å². The number of piperidine rings is 1. The van der Waals surface area contributed by atoms with Crippen molar-refractivity contribution in [2.45, 2.75) is 25.3 Å². The molecule has 23 heavy (non-hydrogen) atoms. The Morgan fingerprint density at radius 2 is 2.04 bits per heavy atom. The number of nitrogens with zero attached hydrogens (tertiary/aromatic N) is 5. The summed E-state index contributed by atoms with van der Waals surface area (Å²) in [6.45, 7) is 2.88. The summed E-state index contributed by atoms with van der Waals surface area (Å²) in [5.74, 6) is 1.42. The van der Waals surface area contributed by atoms with E-state index < -0.39 is 0 Å². The highest BCUT2D eigenvalue weighted by Gasteiger charge is 2.27. The topological polar surface area (TPSA) is 73.1 Å². The summed E-state index contributed by atoms with van der Waals surface area (Å²) in [6.07, 6.45) is 6.87. The molecule has 0 saturated carbocycles. The Morgan fingerprint density at radius 3 is 2.74 bits per heavy atom. The van der Waals surface area contributed by atoms with E-state index in [4.69, 9.17) is 4.74 Å². The molecule has 0 unspecified atom stereocenters. The second kappa shape index (κ2) is 7.32. The van der Waals surface area contributed by atoms with Crippen LogP contribution in [-0.4, -0.2) is 57.4 Å². The van der Waals surface area contributed by atoms with Gasteiger partial charge in [0.25, 0.3) is 5.91 Å². The first kappa shape index (κ1) is 15.6. The van der Waals surface area contributed by atoms with E-state index in [1.54, 1.807) is 38.0 Å². The third-order valence-corrected chi connectivity index (χ3v) is 4.26. The molecule has 7 nitrogen and oxygen atoms in total. The summed E-state index contributed by atoms with van der Waals surface area (Å²) in [6, 6.07) is 3.52. The summed E-state index contributed by atoms with van der Waals surface area (Å²) in [7, 11) is 1.69. The van der Waals surface area contributed by atoms with Gasteiger partial charge in [-0.3, -0.25) is 9.78 Å². The molecule has 2 aromatic heterocycles. The SMILES string of the molecule is COCCn1cnnc1C1CCN(C(=O)c2ccncc2)CC1. The third-order valence-electron chi connectivity index (χ3n) is 4.26. The first-order valence-electron chi connectivity index (χ1n) is 7.85. The largest absolute Gasteiger partial charge is 0.383 e. The molecule has 1 saturated heterocycles. The van der Waals surface area contributed by atoms with Gasteiger partial charge in [-0.05, 0) is 25.0 Å². The minimum Gasteiger partial charge on any atom is -0.383 e. The maximum Gasteiger partial charge on any atom is 0.253 e. The van der Waals surface area contributed by atoms with E-state index >= 15 is 0 Å². The molecule has 3 rings (SSSR count). The Balaban J connectivity index is 1.60. The number of methoxy groups -OCH3 is 1. The fraction of sp³-hybridized carbons (Fsp3) is 0.500. The number of ether oxygens (including phenoxy) is 1. The zero-order valence-electron chi connectivity index (χ0n) is 13.3. The van der Waals surface area contributed by atoms with Crippen LogP contribution in [0, 0.1) is 0 Å². The van der Waals surface area contributed by atoms with Gasteiger partial charge in [-0.25, -0.2) is 0 Å². The van der Waals surface area contributed by atoms with Gasteiger partial charge in [-0.1, -0.05) is 0 Å². The second-order valence-electron chi connectivity index (χ2n) is 5.68. The van der Waals surface area contributed by atoms with Crippen LogP contribution in [0.25, 0.3) is 0 Å². The van der Waals surface area contributed by atoms with Crippen molar-refractivity contribution in [1.29, 1.82) is 0 Å². The van der Waals surface area contributed by atoms with Crippen molar-refractivity contribution in [3.8, 4) is 0 Å². The predicted octanol–water partition coefficient (Wildman–Crippen LogP) is 1.34. The standard InChI is InChI=1S/C16H21N5O2/c1-23-11-10-21-12-18-19-15(21)13-4-8-20(9-5-13)16(22)14-2-6-17-7-3-14/h2-3,6-7,12-13H,4-5,8-11H2,1H3. The van der Waals surface area contributed by atoms with Gasteiger partial charge in [0.15, 0.2) is 0 Å². The van der Waals surface area contributed by atoms with Gasteiger partial charge >= 0.3 is 0 Å². The average molecular weight is 315 g/mol. The van der Waals surface area contributed by atoms with Crippen LogP contribution in [0.5, 0.6) is 0 Å². The minimum absolute atomic E-state index is 0.0756. The molecular weight excluding hydrogens is 294 g/mol. The Bertz CT molecular complexity index is 635. The van der Waals surface area contributed by atoms with Crippen LogP contribution in [0.1, 0.15) is 34.9 Å². The van der Waals surface area contributed by atoms with Gasteiger partial charge in [0.05, 0.1) is 6.61 Å². The first-order valence-corrected chi connectivity index (χ1v) is 7.85. The lowest BCUT2D eigenvalue weighted by molar-refractivity contribution is 0.0709. The van der Waals surface area contributed by atoms with Crippen molar-refractivity contribution in [1.82, 2.24) is 24.6 Å². The predicted molar refractivity (Wildman–Crippen MR) is 84.0 cm³/mol. The van der Waals surface area contributed by atoms with E-state index in [0.29, 0.717) is 18.1 Å². The molecule has 0 aromatic carbocycles. The smallest absolute Gasteiger partial charge is 0.253 e. The lowest BCUT2D eigenvalue weighted by Crippen LogP contribution is -2.38. The van der Waals surface area contributed by atoms with Gasteiger partial charge in [-0.2, -0.15) is 0 Å². The first-order chi connectivity index (χ1) is 11.3. The fourth-order valence-electron chi connectivity index (χ4n) is 2.96. The molecule has 3 heterocycles. The number of hydrogen-bond acceptors (Lipinski definition) is 5. The molecule has 0 atom stereocenters. The number of pyridine rings is 1. The van der Waals surface area contributed by atoms with Crippen LogP contribution in [0.3, 0.4) is 0 Å². The quantitative estimate of drug-likeness (QED) is 0.832. The van der Waals surface area contributed by atoms with Crippen LogP contribution < -0.4 is 0 Å². The highest BCUT2D eigenvalue weighted by atomic mass is 16.5. The van der Waals surface area contributed by atoms with Crippen molar-refractivity contribution >= 4 is 5.91 Å². The Morgan fingerprint density at radius 1 is 1.30 bits per heavy atom. The zero-order chi connectivity index (χ0) is 16.1. The summed E-state index contributed by atoms with van der Waals surface area (Å²) in [5.41, 5.74) is 0.696. The Labute approximate surface area is 135 Å². The number of hydrogen-bond donors (Lipinski definition) is 0. The molecule has 0 radical (unpaired) electrons. The van der Waals surface area contributed by atoms with Gasteiger partial charge in [0.2, 0.25) is 0 Å². The molecule has 0 aliphatic carbocycles. The lowest BCUT2D eigenvalue weighted by atomic mass is 9.95. The number of aromatic nitrogens is 4. The summed E-state index contributed by atoms with van der Waals surface area (Å²) in [4.78, 5) is 18.3. The van der Waals surface area contributed by atoms with Gasteiger partial charge in [0, 0.05) is 50.6 Å². The van der Waals surface area contributed by atoms with E-state index in [9.17, 15) is 4.79 Å². The van der Waals surface area contributed by atoms with Crippen molar-refractivity contribution in [2.24, 2.45) is 0 Å². The van der Waals surface area contributed by atoms with E-state index in [1.165, 1.54) is 0 Å². The number of likely N-dealkylation sites (tertiary alicyclic amines) is 1. The Kier molecular flexibility index (Phi) is 4.97. The molecule has 1 aliphatic heterocycles. The van der Waals surface area contributed by atoms with Crippen LogP contribution >= 0.6 is 0 Å². The van der Waals surface area contributed by atoms with Crippen molar-refractivity contribution in [3.63, 3.8) is 0 Å². The molecule has 1 aliphatic rings. The normalized spacial score (nSPS) is 15.8. The highest BCUT2D eigenvalue weighted by molar-refractivity contribution is 5.94. The summed E-state index contributed by atoms with van der Waals surface area (Å²) >= 11 is 0. The van der Waals surface area contributed by atoms with Gasteiger partial charge in [0.1, 0.15) is 12.2 Å². The maximum atomic E-state index is 12.4. The molecule has 0 N–H and O–H groups in total. The lowest BCUT2D eigenvalue weighted by Gasteiger charge is -2.31. The number of carbonyl (C=O) groups excluding carboxylic acids is 1. The van der Waals surface area contributed by atoms with Crippen molar-refractivity contribution in [2.75, 3.05) is 26.8 Å². The van der Waals surface area contributed by atoms with E-state index in [1.807, 2.05) is 4.90 Å². The number of carbonyl (C=O) groups is 1. The third kappa shape index (κ3) is 3.56. The van der Waals surface area contributed by atoms with Gasteiger partial charge in [-0.15, -0.1) is 10.2 Å². The number of amides is 1. The van der Waals surface area contributed by atoms with Gasteiger partial charge < -0.3 is 14.2 Å². The van der Waals surface area contributed by atoms with Crippen LogP contribution in [-0.2, 0) is 11.3 Å². The second-order valence-corrected chi connectivity index (χ2v) is 5.68. The molecular formula is C16H21N5O2. The van der Waals surface area contributed by atoms with E-state index in [-0.39, 0.29) is 5.91 Å². The molecule has 122 valence electrons. The monoisotopic (exact) mass is 315 g/mol. The fourth-order valence-corrected chi connectivity index (χ4v) is 2.96. The molecule has 7 heteroatoms. The highest BCUT2D eigenvalue weighted by Crippen LogP contribution is 2.27. The average Bonchev–Trinajstić information content (AvgIpc) is 3.08. The molecule has 1 amide bonds. The van der Waals surface area contributed by atoms with Crippen LogP contribution in [0.15, 0.2) is 30.9 Å². The maximum absolute atomic E-state index is 12.4. The summed E-state index contributed by atoms with van der Waals surface area (Å²) in [5, 5.41) is 8.29. The number of rotatable bonds is 5. The summed E-state index contributed by atoms with van der Waals surface area (Å²) < 4.78 is 7.17. The molecule has 0 spiro atoms. The minimum atomic E-state index is 0.0756. The van der Waals surface area contributed by atoms with Crippen LogP contribution in [0.2, 0.25) is 0 Å². The molecule has 1 fully saturated rings.